The molecule has 0 amide bonds. The van der Waals surface area contributed by atoms with Crippen molar-refractivity contribution in [2.75, 3.05) is 46.5 Å². The summed E-state index contributed by atoms with van der Waals surface area (Å²) in [5.74, 6) is 0.962. The number of nitrogens with zero attached hydrogens (tertiary/aromatic N) is 1. The van der Waals surface area contributed by atoms with Crippen LogP contribution in [-0.2, 0) is 11.3 Å². The molecule has 0 aliphatic carbocycles. The lowest BCUT2D eigenvalue weighted by Gasteiger charge is -2.26. The molecule has 1 heterocycles. The smallest absolute Gasteiger partial charge is 0.123 e. The molecular weight excluding hydrogens is 324 g/mol. The van der Waals surface area contributed by atoms with Crippen molar-refractivity contribution in [2.24, 2.45) is 0 Å². The van der Waals surface area contributed by atoms with E-state index in [1.807, 2.05) is 0 Å². The van der Waals surface area contributed by atoms with Gasteiger partial charge < -0.3 is 27.2 Å². The minimum Gasteiger partial charge on any atom is -1.00 e. The molecule has 0 aromatic heterocycles. The van der Waals surface area contributed by atoms with Gasteiger partial charge in [0.2, 0.25) is 0 Å². The van der Waals surface area contributed by atoms with Gasteiger partial charge in [0.1, 0.15) is 5.75 Å². The highest BCUT2D eigenvalue weighted by molar-refractivity contribution is 5.87. The van der Waals surface area contributed by atoms with E-state index in [4.69, 9.17) is 9.47 Å². The maximum Gasteiger partial charge on any atom is 0.123 e. The van der Waals surface area contributed by atoms with Crippen molar-refractivity contribution in [3.63, 3.8) is 0 Å². The Bertz CT molecular complexity index is 630. The molecule has 4 nitrogen and oxygen atoms in total. The first kappa shape index (κ1) is 19.0. The number of nitrogens with one attached hydrogen (secondary N) is 1. The van der Waals surface area contributed by atoms with E-state index < -0.39 is 0 Å². The van der Waals surface area contributed by atoms with Crippen LogP contribution in [0.5, 0.6) is 5.75 Å². The third-order valence-electron chi connectivity index (χ3n) is 4.45. The van der Waals surface area contributed by atoms with Crippen molar-refractivity contribution in [1.82, 2.24) is 10.2 Å². The normalized spacial score (nSPS) is 15.2. The molecule has 132 valence electrons. The third-order valence-corrected chi connectivity index (χ3v) is 4.45. The van der Waals surface area contributed by atoms with Gasteiger partial charge in [-0.2, -0.15) is 0 Å². The highest BCUT2D eigenvalue weighted by Gasteiger charge is 2.10. The van der Waals surface area contributed by atoms with Crippen LogP contribution in [-0.4, -0.2) is 51.4 Å². The Labute approximate surface area is 150 Å². The molecule has 0 bridgehead atoms. The van der Waals surface area contributed by atoms with Gasteiger partial charge in [0.25, 0.3) is 0 Å². The van der Waals surface area contributed by atoms with Crippen LogP contribution < -0.4 is 22.5 Å². The van der Waals surface area contributed by atoms with Gasteiger partial charge in [-0.25, -0.2) is 0 Å². The third kappa shape index (κ3) is 4.84. The lowest BCUT2D eigenvalue weighted by molar-refractivity contribution is -0.00000647. The van der Waals surface area contributed by atoms with E-state index in [9.17, 15) is 0 Å². The average molecular weight is 350 g/mol. The van der Waals surface area contributed by atoms with Crippen LogP contribution in [0.25, 0.3) is 10.8 Å². The summed E-state index contributed by atoms with van der Waals surface area (Å²) in [6, 6.07) is 12.7. The second-order valence-electron chi connectivity index (χ2n) is 5.95. The van der Waals surface area contributed by atoms with Crippen LogP contribution in [0, 0.1) is 0 Å². The number of ether oxygens (including phenoxy) is 2. The molecule has 1 fully saturated rings. The van der Waals surface area contributed by atoms with E-state index in [-0.39, 0.29) is 12.4 Å². The summed E-state index contributed by atoms with van der Waals surface area (Å²) in [5.41, 5.74) is 1.25. The van der Waals surface area contributed by atoms with Gasteiger partial charge in [0, 0.05) is 25.2 Å². The summed E-state index contributed by atoms with van der Waals surface area (Å²) < 4.78 is 10.9. The standard InChI is InChI=1S/C19H26N2O2.ClH/c1-22-19-8-7-16-5-2-3-6-17(16)18(19)15-20-9-4-10-21-11-13-23-14-12-21;/h2-3,5-8,20H,4,9-15H2,1H3;1H/p-1. The molecule has 0 radical (unpaired) electrons. The zero-order valence-electron chi connectivity index (χ0n) is 14.3. The van der Waals surface area contributed by atoms with Crippen LogP contribution in [0.1, 0.15) is 12.0 Å². The second-order valence-corrected chi connectivity index (χ2v) is 5.95. The molecule has 0 atom stereocenters. The number of methoxy groups -OCH3 is 1. The molecule has 3 rings (SSSR count). The molecule has 0 spiro atoms. The number of rotatable bonds is 7. The van der Waals surface area contributed by atoms with Gasteiger partial charge in [-0.15, -0.1) is 0 Å². The summed E-state index contributed by atoms with van der Waals surface area (Å²) in [6.07, 6.45) is 1.16. The van der Waals surface area contributed by atoms with Gasteiger partial charge in [-0.3, -0.25) is 4.90 Å². The summed E-state index contributed by atoms with van der Waals surface area (Å²) >= 11 is 0. The van der Waals surface area contributed by atoms with Crippen LogP contribution in [0.2, 0.25) is 0 Å². The van der Waals surface area contributed by atoms with Gasteiger partial charge in [0.15, 0.2) is 0 Å². The predicted molar refractivity (Wildman–Crippen MR) is 94.1 cm³/mol. The van der Waals surface area contributed by atoms with Crippen molar-refractivity contribution in [3.8, 4) is 5.75 Å². The van der Waals surface area contributed by atoms with Crippen molar-refractivity contribution in [3.05, 3.63) is 42.0 Å². The summed E-state index contributed by atoms with van der Waals surface area (Å²) in [4.78, 5) is 2.48. The maximum absolute atomic E-state index is 5.54. The van der Waals surface area contributed by atoms with Crippen LogP contribution in [0.3, 0.4) is 0 Å². The van der Waals surface area contributed by atoms with Crippen LogP contribution in [0.15, 0.2) is 36.4 Å². The quantitative estimate of drug-likeness (QED) is 0.694. The fourth-order valence-electron chi connectivity index (χ4n) is 3.16. The molecule has 1 aliphatic heterocycles. The molecule has 0 saturated carbocycles. The highest BCUT2D eigenvalue weighted by Crippen LogP contribution is 2.27. The highest BCUT2D eigenvalue weighted by atomic mass is 35.5. The Hall–Kier alpha value is -1.33. The van der Waals surface area contributed by atoms with Gasteiger partial charge in [-0.05, 0) is 36.3 Å². The Kier molecular flexibility index (Phi) is 7.79. The monoisotopic (exact) mass is 349 g/mol. The molecule has 2 aromatic rings. The Morgan fingerprint density at radius 2 is 1.92 bits per heavy atom. The van der Waals surface area contributed by atoms with Crippen molar-refractivity contribution < 1.29 is 21.9 Å². The van der Waals surface area contributed by atoms with Gasteiger partial charge in [-0.1, -0.05) is 30.3 Å². The largest absolute Gasteiger partial charge is 1.00 e. The molecule has 24 heavy (non-hydrogen) atoms. The number of halogens is 1. The molecule has 2 aromatic carbocycles. The van der Waals surface area contributed by atoms with Crippen LogP contribution >= 0.6 is 0 Å². The van der Waals surface area contributed by atoms with E-state index in [2.05, 4.69) is 46.6 Å². The lowest BCUT2D eigenvalue weighted by Crippen LogP contribution is -3.00. The second kappa shape index (κ2) is 9.84. The molecule has 0 unspecified atom stereocenters. The molecule has 1 saturated heterocycles. The van der Waals surface area contributed by atoms with E-state index in [1.54, 1.807) is 7.11 Å². The number of hydrogen-bond acceptors (Lipinski definition) is 4. The van der Waals surface area contributed by atoms with Crippen molar-refractivity contribution >= 4 is 10.8 Å². The van der Waals surface area contributed by atoms with Crippen molar-refractivity contribution in [2.45, 2.75) is 13.0 Å². The fourth-order valence-corrected chi connectivity index (χ4v) is 3.16. The lowest BCUT2D eigenvalue weighted by atomic mass is 10.0. The number of fused-ring (bicyclic) bond motifs is 1. The van der Waals surface area contributed by atoms with E-state index in [0.717, 1.165) is 58.1 Å². The number of hydrogen-bond donors (Lipinski definition) is 1. The zero-order chi connectivity index (χ0) is 15.9. The van der Waals surface area contributed by atoms with Gasteiger partial charge >= 0.3 is 0 Å². The maximum atomic E-state index is 5.54. The van der Waals surface area contributed by atoms with Gasteiger partial charge in [0.05, 0.1) is 20.3 Å². The first-order valence-corrected chi connectivity index (χ1v) is 8.44. The molecular formula is C19H26ClN2O2-. The topological polar surface area (TPSA) is 33.7 Å². The summed E-state index contributed by atoms with van der Waals surface area (Å²) in [7, 11) is 1.74. The van der Waals surface area contributed by atoms with Crippen molar-refractivity contribution in [1.29, 1.82) is 0 Å². The zero-order valence-corrected chi connectivity index (χ0v) is 15.0. The first-order chi connectivity index (χ1) is 11.4. The first-order valence-electron chi connectivity index (χ1n) is 8.44. The summed E-state index contributed by atoms with van der Waals surface area (Å²) in [5, 5.41) is 6.10. The average Bonchev–Trinajstić information content (AvgIpc) is 2.62. The predicted octanol–water partition coefficient (Wildman–Crippen LogP) is -0.336. The fraction of sp³-hybridized carbons (Fsp3) is 0.474. The number of morpholine rings is 1. The molecule has 1 aliphatic rings. The summed E-state index contributed by atoms with van der Waals surface area (Å²) in [6.45, 7) is 6.88. The number of benzene rings is 2. The Balaban J connectivity index is 0.00000208. The SMILES string of the molecule is COc1ccc2ccccc2c1CNCCCN1CCOCC1.[Cl-]. The van der Waals surface area contributed by atoms with E-state index in [1.165, 1.54) is 16.3 Å². The molecule has 5 heteroatoms. The van der Waals surface area contributed by atoms with Crippen LogP contribution in [0.4, 0.5) is 0 Å². The van der Waals surface area contributed by atoms with E-state index in [0.29, 0.717) is 0 Å². The Morgan fingerprint density at radius 3 is 2.71 bits per heavy atom. The minimum absolute atomic E-state index is 0. The molecule has 1 N–H and O–H groups in total. The Morgan fingerprint density at radius 1 is 1.12 bits per heavy atom. The van der Waals surface area contributed by atoms with E-state index >= 15 is 0 Å². The minimum atomic E-state index is 0.